The molecule has 3 nitrogen and oxygen atoms in total. The van der Waals surface area contributed by atoms with E-state index >= 15 is 0 Å². The fourth-order valence-electron chi connectivity index (χ4n) is 1.76. The molecule has 0 bridgehead atoms. The average molecular weight is 345 g/mol. The topological polar surface area (TPSA) is 38.7 Å². The van der Waals surface area contributed by atoms with E-state index in [0.717, 1.165) is 0 Å². The maximum Gasteiger partial charge on any atom is 0.391 e. The molecule has 0 saturated heterocycles. The summed E-state index contributed by atoms with van der Waals surface area (Å²) >= 11 is 3.03. The summed E-state index contributed by atoms with van der Waals surface area (Å²) < 4.78 is 60.8. The van der Waals surface area contributed by atoms with Crippen LogP contribution in [0.1, 0.15) is 18.2 Å². The van der Waals surface area contributed by atoms with Crippen LogP contribution in [-0.4, -0.2) is 24.2 Å². The first kappa shape index (κ1) is 14.4. The van der Waals surface area contributed by atoms with Gasteiger partial charge in [0.25, 0.3) is 0 Å². The second-order valence-electron chi connectivity index (χ2n) is 3.98. The third-order valence-corrected chi connectivity index (χ3v) is 3.27. The van der Waals surface area contributed by atoms with E-state index in [1.165, 1.54) is 12.1 Å². The molecule has 1 N–H and O–H groups in total. The number of hydrogen-bond acceptors (Lipinski definition) is 3. The van der Waals surface area contributed by atoms with Crippen LogP contribution in [0.2, 0.25) is 0 Å². The van der Waals surface area contributed by atoms with Crippen LogP contribution >= 0.6 is 15.9 Å². The van der Waals surface area contributed by atoms with E-state index in [1.54, 1.807) is 0 Å². The van der Waals surface area contributed by atoms with Gasteiger partial charge in [-0.3, -0.25) is 0 Å². The molecule has 0 amide bonds. The van der Waals surface area contributed by atoms with Gasteiger partial charge < -0.3 is 14.6 Å². The lowest BCUT2D eigenvalue weighted by atomic mass is 10.0. The van der Waals surface area contributed by atoms with Gasteiger partial charge in [-0.1, -0.05) is 15.9 Å². The molecule has 0 aliphatic carbocycles. The molecule has 1 aliphatic rings. The Morgan fingerprint density at radius 3 is 2.63 bits per heavy atom. The second-order valence-corrected chi connectivity index (χ2v) is 4.84. The molecule has 0 aromatic heterocycles. The minimum Gasteiger partial charge on any atom is -0.454 e. The van der Waals surface area contributed by atoms with E-state index in [9.17, 15) is 22.7 Å². The van der Waals surface area contributed by atoms with Crippen LogP contribution in [-0.2, 0) is 0 Å². The molecule has 106 valence electrons. The molecule has 1 aromatic rings. The minimum absolute atomic E-state index is 0.0168. The number of fused-ring (bicyclic) bond motifs is 1. The van der Waals surface area contributed by atoms with E-state index in [1.807, 2.05) is 0 Å². The van der Waals surface area contributed by atoms with Crippen molar-refractivity contribution in [3.63, 3.8) is 0 Å². The van der Waals surface area contributed by atoms with E-state index in [2.05, 4.69) is 15.9 Å². The number of alkyl halides is 4. The van der Waals surface area contributed by atoms with Gasteiger partial charge in [0.2, 0.25) is 6.79 Å². The summed E-state index contributed by atoms with van der Waals surface area (Å²) in [6, 6.07) is 2.93. The molecule has 1 heterocycles. The molecular formula is C11H9BrF4O3. The monoisotopic (exact) mass is 344 g/mol. The van der Waals surface area contributed by atoms with E-state index < -0.39 is 24.9 Å². The highest BCUT2D eigenvalue weighted by Gasteiger charge is 2.38. The zero-order chi connectivity index (χ0) is 14.2. The van der Waals surface area contributed by atoms with Gasteiger partial charge in [0, 0.05) is 10.0 Å². The van der Waals surface area contributed by atoms with Crippen molar-refractivity contribution in [2.24, 2.45) is 0 Å². The molecule has 1 aliphatic heterocycles. The SMILES string of the molecule is O[C@H](CC(F)(F)F)[C@H](F)c1c(Br)ccc2c1OCO2. The van der Waals surface area contributed by atoms with E-state index in [0.29, 0.717) is 0 Å². The fourth-order valence-corrected chi connectivity index (χ4v) is 2.29. The summed E-state index contributed by atoms with van der Waals surface area (Å²) in [4.78, 5) is 0. The number of aliphatic hydroxyl groups excluding tert-OH is 1. The summed E-state index contributed by atoms with van der Waals surface area (Å²) in [5.41, 5.74) is -0.174. The van der Waals surface area contributed by atoms with Gasteiger partial charge in [-0.15, -0.1) is 0 Å². The van der Waals surface area contributed by atoms with Crippen molar-refractivity contribution in [2.75, 3.05) is 6.79 Å². The number of aliphatic hydroxyl groups is 1. The summed E-state index contributed by atoms with van der Waals surface area (Å²) in [7, 11) is 0. The molecule has 8 heteroatoms. The second kappa shape index (κ2) is 5.16. The lowest BCUT2D eigenvalue weighted by Crippen LogP contribution is -2.24. The van der Waals surface area contributed by atoms with Crippen LogP contribution in [0, 0.1) is 0 Å². The Hall–Kier alpha value is -1.02. The molecule has 0 unspecified atom stereocenters. The highest BCUT2D eigenvalue weighted by atomic mass is 79.9. The quantitative estimate of drug-likeness (QED) is 0.853. The highest BCUT2D eigenvalue weighted by Crippen LogP contribution is 2.45. The zero-order valence-corrected chi connectivity index (χ0v) is 11.0. The third kappa shape index (κ3) is 3.11. The molecule has 0 radical (unpaired) electrons. The van der Waals surface area contributed by atoms with E-state index in [4.69, 9.17) is 9.47 Å². The lowest BCUT2D eigenvalue weighted by molar-refractivity contribution is -0.161. The number of hydrogen-bond donors (Lipinski definition) is 1. The molecule has 2 atom stereocenters. The molecule has 2 rings (SSSR count). The van der Waals surface area contributed by atoms with Crippen molar-refractivity contribution in [1.29, 1.82) is 0 Å². The first-order chi connectivity index (χ1) is 8.79. The Morgan fingerprint density at radius 1 is 1.32 bits per heavy atom. The first-order valence-corrected chi connectivity index (χ1v) is 6.06. The average Bonchev–Trinajstić information content (AvgIpc) is 2.73. The Morgan fingerprint density at radius 2 is 2.00 bits per heavy atom. The lowest BCUT2D eigenvalue weighted by Gasteiger charge is -2.19. The summed E-state index contributed by atoms with van der Waals surface area (Å²) in [5.74, 6) is 0.253. The van der Waals surface area contributed by atoms with Crippen LogP contribution in [0.3, 0.4) is 0 Å². The fraction of sp³-hybridized carbons (Fsp3) is 0.455. The van der Waals surface area contributed by atoms with Crippen molar-refractivity contribution in [2.45, 2.75) is 24.9 Å². The first-order valence-electron chi connectivity index (χ1n) is 5.26. The van der Waals surface area contributed by atoms with Crippen LogP contribution in [0.15, 0.2) is 16.6 Å². The molecule has 19 heavy (non-hydrogen) atoms. The Balaban J connectivity index is 2.29. The molecular weight excluding hydrogens is 336 g/mol. The van der Waals surface area contributed by atoms with Gasteiger partial charge in [0.1, 0.15) is 0 Å². The minimum atomic E-state index is -4.65. The van der Waals surface area contributed by atoms with Crippen LogP contribution < -0.4 is 9.47 Å². The van der Waals surface area contributed by atoms with Crippen LogP contribution in [0.25, 0.3) is 0 Å². The number of benzene rings is 1. The summed E-state index contributed by atoms with van der Waals surface area (Å²) in [6.07, 6.45) is -10.7. The van der Waals surface area contributed by atoms with Gasteiger partial charge in [0.15, 0.2) is 17.7 Å². The number of rotatable bonds is 3. The molecule has 0 spiro atoms. The summed E-state index contributed by atoms with van der Waals surface area (Å²) in [6.45, 7) is -0.138. The molecule has 0 saturated carbocycles. The van der Waals surface area contributed by atoms with Crippen molar-refractivity contribution in [3.05, 3.63) is 22.2 Å². The largest absolute Gasteiger partial charge is 0.454 e. The van der Waals surface area contributed by atoms with Crippen molar-refractivity contribution >= 4 is 15.9 Å². The number of ether oxygens (including phenoxy) is 2. The van der Waals surface area contributed by atoms with Crippen LogP contribution in [0.5, 0.6) is 11.5 Å². The van der Waals surface area contributed by atoms with E-state index in [-0.39, 0.29) is 28.3 Å². The Bertz CT molecular complexity index is 478. The predicted molar refractivity (Wildman–Crippen MR) is 60.8 cm³/mol. The van der Waals surface area contributed by atoms with Gasteiger partial charge in [-0.25, -0.2) is 4.39 Å². The van der Waals surface area contributed by atoms with Gasteiger partial charge in [-0.05, 0) is 12.1 Å². The van der Waals surface area contributed by atoms with Gasteiger partial charge in [0.05, 0.1) is 12.5 Å². The molecule has 1 aromatic carbocycles. The van der Waals surface area contributed by atoms with Crippen molar-refractivity contribution in [1.82, 2.24) is 0 Å². The third-order valence-electron chi connectivity index (χ3n) is 2.58. The van der Waals surface area contributed by atoms with Gasteiger partial charge in [-0.2, -0.15) is 13.2 Å². The predicted octanol–water partition coefficient (Wildman–Crippen LogP) is 3.50. The van der Waals surface area contributed by atoms with Crippen LogP contribution in [0.4, 0.5) is 17.6 Å². The smallest absolute Gasteiger partial charge is 0.391 e. The zero-order valence-electron chi connectivity index (χ0n) is 9.38. The Labute approximate surface area is 114 Å². The maximum absolute atomic E-state index is 14.1. The maximum atomic E-state index is 14.1. The van der Waals surface area contributed by atoms with Crippen molar-refractivity contribution in [3.8, 4) is 11.5 Å². The highest BCUT2D eigenvalue weighted by molar-refractivity contribution is 9.10. The van der Waals surface area contributed by atoms with Gasteiger partial charge >= 0.3 is 6.18 Å². The normalized spacial score (nSPS) is 17.4. The van der Waals surface area contributed by atoms with Crippen molar-refractivity contribution < 1.29 is 32.1 Å². The molecule has 0 fully saturated rings. The summed E-state index contributed by atoms with van der Waals surface area (Å²) in [5, 5.41) is 9.35. The number of halogens is 5. The standard InChI is InChI=1S/C11H9BrF4O3/c12-5-1-2-7-10(19-4-18-7)8(5)9(13)6(17)3-11(14,15)16/h1-2,6,9,17H,3-4H2/t6-,9+/m1/s1. The Kier molecular flexibility index (Phi) is 3.91.